The third kappa shape index (κ3) is 2.33. The summed E-state index contributed by atoms with van der Waals surface area (Å²) in [6, 6.07) is 5.93. The highest BCUT2D eigenvalue weighted by Gasteiger charge is 2.19. The van der Waals surface area contributed by atoms with Crippen LogP contribution in [0.15, 0.2) is 23.8 Å². The van der Waals surface area contributed by atoms with Crippen LogP contribution in [-0.4, -0.2) is 17.7 Å². The van der Waals surface area contributed by atoms with Crippen LogP contribution in [0.1, 0.15) is 31.9 Å². The summed E-state index contributed by atoms with van der Waals surface area (Å²) in [6.07, 6.45) is 1.69. The Morgan fingerprint density at radius 1 is 1.35 bits per heavy atom. The molecule has 1 aliphatic heterocycles. The van der Waals surface area contributed by atoms with E-state index in [9.17, 15) is 4.79 Å². The maximum atomic E-state index is 10.9. The standard InChI is InChI=1S/C14H16O3/c1-14(2,3)11-4-5-12-9(7-11)6-10(8-17-12)13(15)16/h4-7H,8H2,1-3H3,(H,15,16). The number of ether oxygens (including phenoxy) is 1. The van der Waals surface area contributed by atoms with E-state index in [-0.39, 0.29) is 12.0 Å². The van der Waals surface area contributed by atoms with Gasteiger partial charge in [0, 0.05) is 5.56 Å². The van der Waals surface area contributed by atoms with Crippen LogP contribution >= 0.6 is 0 Å². The van der Waals surface area contributed by atoms with Gasteiger partial charge in [0.05, 0.1) is 5.57 Å². The Kier molecular flexibility index (Phi) is 2.69. The lowest BCUT2D eigenvalue weighted by molar-refractivity contribution is -0.132. The molecule has 0 radical (unpaired) electrons. The van der Waals surface area contributed by atoms with Crippen molar-refractivity contribution >= 4 is 12.0 Å². The number of rotatable bonds is 1. The van der Waals surface area contributed by atoms with E-state index in [0.29, 0.717) is 5.57 Å². The zero-order valence-electron chi connectivity index (χ0n) is 10.3. The number of hydrogen-bond acceptors (Lipinski definition) is 2. The molecule has 1 aromatic carbocycles. The van der Waals surface area contributed by atoms with E-state index in [2.05, 4.69) is 20.8 Å². The van der Waals surface area contributed by atoms with Crippen LogP contribution < -0.4 is 4.74 Å². The minimum Gasteiger partial charge on any atom is -0.488 e. The summed E-state index contributed by atoms with van der Waals surface area (Å²) < 4.78 is 5.42. The molecule has 0 unspecified atom stereocenters. The molecular weight excluding hydrogens is 216 g/mol. The summed E-state index contributed by atoms with van der Waals surface area (Å²) in [5.74, 6) is -0.167. The molecule has 3 heteroatoms. The Balaban J connectivity index is 2.46. The lowest BCUT2D eigenvalue weighted by Crippen LogP contribution is -2.16. The molecule has 0 amide bonds. The molecule has 0 bridgehead atoms. The van der Waals surface area contributed by atoms with Crippen LogP contribution in [0.3, 0.4) is 0 Å². The molecule has 17 heavy (non-hydrogen) atoms. The Morgan fingerprint density at radius 3 is 2.65 bits per heavy atom. The zero-order chi connectivity index (χ0) is 12.6. The van der Waals surface area contributed by atoms with Gasteiger partial charge in [-0.1, -0.05) is 26.8 Å². The van der Waals surface area contributed by atoms with Crippen molar-refractivity contribution < 1.29 is 14.6 Å². The van der Waals surface area contributed by atoms with Gasteiger partial charge in [0.1, 0.15) is 12.4 Å². The van der Waals surface area contributed by atoms with Crippen molar-refractivity contribution in [3.8, 4) is 5.75 Å². The molecule has 2 rings (SSSR count). The number of carboxylic acid groups (broad SMARTS) is 1. The highest BCUT2D eigenvalue weighted by molar-refractivity contribution is 5.93. The first-order valence-corrected chi connectivity index (χ1v) is 5.59. The summed E-state index contributed by atoms with van der Waals surface area (Å²) in [6.45, 7) is 6.51. The minimum absolute atomic E-state index is 0.0453. The van der Waals surface area contributed by atoms with E-state index < -0.39 is 5.97 Å². The third-order valence-electron chi connectivity index (χ3n) is 2.86. The van der Waals surface area contributed by atoms with Crippen LogP contribution in [0.2, 0.25) is 0 Å². The number of hydrogen-bond donors (Lipinski definition) is 1. The Morgan fingerprint density at radius 2 is 2.06 bits per heavy atom. The van der Waals surface area contributed by atoms with Crippen molar-refractivity contribution in [2.75, 3.05) is 6.61 Å². The maximum Gasteiger partial charge on any atom is 0.335 e. The molecule has 0 fully saturated rings. The topological polar surface area (TPSA) is 46.5 Å². The van der Waals surface area contributed by atoms with Gasteiger partial charge in [-0.25, -0.2) is 4.79 Å². The molecule has 1 heterocycles. The van der Waals surface area contributed by atoms with Crippen molar-refractivity contribution in [1.29, 1.82) is 0 Å². The highest BCUT2D eigenvalue weighted by Crippen LogP contribution is 2.31. The van der Waals surface area contributed by atoms with Gasteiger partial charge in [-0.05, 0) is 29.2 Å². The molecule has 0 saturated carbocycles. The summed E-state index contributed by atoms with van der Waals surface area (Å²) in [7, 11) is 0. The van der Waals surface area contributed by atoms with Crippen LogP contribution in [0.4, 0.5) is 0 Å². The summed E-state index contributed by atoms with van der Waals surface area (Å²) >= 11 is 0. The SMILES string of the molecule is CC(C)(C)c1ccc2c(c1)C=C(C(=O)O)CO2. The van der Waals surface area contributed by atoms with Gasteiger partial charge in [0.2, 0.25) is 0 Å². The van der Waals surface area contributed by atoms with E-state index in [1.807, 2.05) is 18.2 Å². The first-order chi connectivity index (χ1) is 7.88. The van der Waals surface area contributed by atoms with Crippen molar-refractivity contribution in [1.82, 2.24) is 0 Å². The Hall–Kier alpha value is -1.77. The maximum absolute atomic E-state index is 10.9. The monoisotopic (exact) mass is 232 g/mol. The van der Waals surface area contributed by atoms with Crippen LogP contribution in [0.5, 0.6) is 5.75 Å². The fraction of sp³-hybridized carbons (Fsp3) is 0.357. The minimum atomic E-state index is -0.920. The summed E-state index contributed by atoms with van der Waals surface area (Å²) in [4.78, 5) is 10.9. The van der Waals surface area contributed by atoms with E-state index in [1.165, 1.54) is 5.56 Å². The van der Waals surface area contributed by atoms with Crippen molar-refractivity contribution in [3.63, 3.8) is 0 Å². The molecule has 1 aromatic rings. The quantitative estimate of drug-likeness (QED) is 0.809. The van der Waals surface area contributed by atoms with Crippen LogP contribution in [0, 0.1) is 0 Å². The molecule has 3 nitrogen and oxygen atoms in total. The molecule has 0 aliphatic carbocycles. The number of benzene rings is 1. The first-order valence-electron chi connectivity index (χ1n) is 5.59. The van der Waals surface area contributed by atoms with Crippen molar-refractivity contribution in [2.45, 2.75) is 26.2 Å². The molecule has 0 spiro atoms. The van der Waals surface area contributed by atoms with Crippen molar-refractivity contribution in [3.05, 3.63) is 34.9 Å². The fourth-order valence-corrected chi connectivity index (χ4v) is 1.77. The molecule has 90 valence electrons. The van der Waals surface area contributed by atoms with Gasteiger partial charge in [0.15, 0.2) is 0 Å². The average Bonchev–Trinajstić information content (AvgIpc) is 2.26. The molecule has 1 aliphatic rings. The highest BCUT2D eigenvalue weighted by atomic mass is 16.5. The predicted molar refractivity (Wildman–Crippen MR) is 66.2 cm³/mol. The Bertz CT molecular complexity index is 493. The van der Waals surface area contributed by atoms with Crippen LogP contribution in [0.25, 0.3) is 6.08 Å². The summed E-state index contributed by atoms with van der Waals surface area (Å²) in [5.41, 5.74) is 2.36. The normalized spacial score (nSPS) is 14.6. The van der Waals surface area contributed by atoms with Gasteiger partial charge in [-0.2, -0.15) is 0 Å². The number of carbonyl (C=O) groups is 1. The summed E-state index contributed by atoms with van der Waals surface area (Å²) in [5, 5.41) is 8.94. The van der Waals surface area contributed by atoms with Crippen LogP contribution in [-0.2, 0) is 10.2 Å². The predicted octanol–water partition coefficient (Wildman–Crippen LogP) is 2.84. The molecule has 0 aromatic heterocycles. The number of carboxylic acids is 1. The molecule has 0 atom stereocenters. The smallest absolute Gasteiger partial charge is 0.335 e. The van der Waals surface area contributed by atoms with Gasteiger partial charge in [-0.15, -0.1) is 0 Å². The van der Waals surface area contributed by atoms with E-state index in [1.54, 1.807) is 6.08 Å². The second-order valence-corrected chi connectivity index (χ2v) is 5.27. The van der Waals surface area contributed by atoms with E-state index >= 15 is 0 Å². The molecule has 1 N–H and O–H groups in total. The zero-order valence-corrected chi connectivity index (χ0v) is 10.3. The second kappa shape index (κ2) is 3.91. The van der Waals surface area contributed by atoms with Gasteiger partial charge in [-0.3, -0.25) is 0 Å². The van der Waals surface area contributed by atoms with Gasteiger partial charge >= 0.3 is 5.97 Å². The van der Waals surface area contributed by atoms with E-state index in [4.69, 9.17) is 9.84 Å². The molecule has 0 saturated heterocycles. The lowest BCUT2D eigenvalue weighted by Gasteiger charge is -2.22. The fourth-order valence-electron chi connectivity index (χ4n) is 1.77. The van der Waals surface area contributed by atoms with Gasteiger partial charge in [0.25, 0.3) is 0 Å². The lowest BCUT2D eigenvalue weighted by atomic mass is 9.85. The number of fused-ring (bicyclic) bond motifs is 1. The largest absolute Gasteiger partial charge is 0.488 e. The second-order valence-electron chi connectivity index (χ2n) is 5.27. The van der Waals surface area contributed by atoms with E-state index in [0.717, 1.165) is 11.3 Å². The Labute approximate surface area is 101 Å². The molecular formula is C14H16O3. The third-order valence-corrected chi connectivity index (χ3v) is 2.86. The van der Waals surface area contributed by atoms with Gasteiger partial charge < -0.3 is 9.84 Å². The first kappa shape index (κ1) is 11.7. The van der Waals surface area contributed by atoms with Crippen molar-refractivity contribution in [2.24, 2.45) is 0 Å². The average molecular weight is 232 g/mol. The number of aliphatic carboxylic acids is 1.